The molecular formula is C16H16ClNO. The molecule has 0 aliphatic carbocycles. The first kappa shape index (κ1) is 13.6. The molecule has 0 fully saturated rings. The van der Waals surface area contributed by atoms with Crippen molar-refractivity contribution in [1.82, 2.24) is 0 Å². The van der Waals surface area contributed by atoms with Crippen LogP contribution in [0.25, 0.3) is 0 Å². The molecule has 0 bridgehead atoms. The van der Waals surface area contributed by atoms with Crippen LogP contribution < -0.4 is 5.32 Å². The Morgan fingerprint density at radius 3 is 2.58 bits per heavy atom. The van der Waals surface area contributed by atoms with Crippen molar-refractivity contribution in [2.75, 3.05) is 11.9 Å². The molecule has 0 radical (unpaired) electrons. The lowest BCUT2D eigenvalue weighted by Gasteiger charge is -2.09. The Bertz CT molecular complexity index is 566. The highest BCUT2D eigenvalue weighted by Gasteiger charge is 2.04. The fourth-order valence-electron chi connectivity index (χ4n) is 1.87. The van der Waals surface area contributed by atoms with Crippen molar-refractivity contribution in [3.05, 3.63) is 64.7 Å². The van der Waals surface area contributed by atoms with Gasteiger partial charge in [0.05, 0.1) is 10.7 Å². The van der Waals surface area contributed by atoms with Crippen LogP contribution in [0.4, 0.5) is 5.69 Å². The smallest absolute Gasteiger partial charge is 0.159 e. The van der Waals surface area contributed by atoms with Gasteiger partial charge in [0.15, 0.2) is 5.78 Å². The molecule has 0 unspecified atom stereocenters. The van der Waals surface area contributed by atoms with Gasteiger partial charge >= 0.3 is 0 Å². The maximum absolute atomic E-state index is 11.3. The normalized spacial score (nSPS) is 10.2. The number of benzene rings is 2. The summed E-state index contributed by atoms with van der Waals surface area (Å²) in [6, 6.07) is 15.5. The average Bonchev–Trinajstić information content (AvgIpc) is 2.42. The van der Waals surface area contributed by atoms with Gasteiger partial charge in [0.25, 0.3) is 0 Å². The Morgan fingerprint density at radius 1 is 1.16 bits per heavy atom. The first-order chi connectivity index (χ1) is 9.16. The molecule has 3 heteroatoms. The third-order valence-electron chi connectivity index (χ3n) is 2.94. The Kier molecular flexibility index (Phi) is 4.58. The first-order valence-corrected chi connectivity index (χ1v) is 6.63. The number of hydrogen-bond donors (Lipinski definition) is 1. The Balaban J connectivity index is 1.99. The van der Waals surface area contributed by atoms with Crippen LogP contribution in [0.5, 0.6) is 0 Å². The molecule has 0 atom stereocenters. The number of Topliss-reactive ketones (excluding diaryl/α,β-unsaturated/α-hetero) is 1. The average molecular weight is 274 g/mol. The molecule has 2 nitrogen and oxygen atoms in total. The molecule has 2 rings (SSSR count). The molecule has 2 aromatic carbocycles. The summed E-state index contributed by atoms with van der Waals surface area (Å²) in [5, 5.41) is 3.91. The van der Waals surface area contributed by atoms with Gasteiger partial charge in [-0.15, -0.1) is 0 Å². The zero-order chi connectivity index (χ0) is 13.7. The number of ketones is 1. The van der Waals surface area contributed by atoms with Gasteiger partial charge in [-0.25, -0.2) is 0 Å². The highest BCUT2D eigenvalue weighted by atomic mass is 35.5. The number of nitrogens with one attached hydrogen (secondary N) is 1. The zero-order valence-corrected chi connectivity index (χ0v) is 11.6. The number of halogens is 1. The van der Waals surface area contributed by atoms with Crippen LogP contribution in [-0.4, -0.2) is 12.3 Å². The molecule has 98 valence electrons. The minimum absolute atomic E-state index is 0.0442. The summed E-state index contributed by atoms with van der Waals surface area (Å²) in [5.41, 5.74) is 2.76. The number of anilines is 1. The maximum Gasteiger partial charge on any atom is 0.159 e. The third-order valence-corrected chi connectivity index (χ3v) is 3.27. The summed E-state index contributed by atoms with van der Waals surface area (Å²) in [6.07, 6.45) is 0.918. The van der Waals surface area contributed by atoms with E-state index in [1.807, 2.05) is 18.2 Å². The molecule has 2 aromatic rings. The van der Waals surface area contributed by atoms with Crippen LogP contribution in [0.1, 0.15) is 22.8 Å². The van der Waals surface area contributed by atoms with E-state index in [0.29, 0.717) is 10.6 Å². The van der Waals surface area contributed by atoms with Gasteiger partial charge < -0.3 is 5.32 Å². The summed E-state index contributed by atoms with van der Waals surface area (Å²) >= 11 is 6.11. The van der Waals surface area contributed by atoms with Gasteiger partial charge in [0, 0.05) is 12.1 Å². The van der Waals surface area contributed by atoms with Crippen LogP contribution in [0.3, 0.4) is 0 Å². The SMILES string of the molecule is CC(=O)c1ccc(Cl)c(NCCc2ccccc2)c1. The lowest BCUT2D eigenvalue weighted by Crippen LogP contribution is -2.06. The van der Waals surface area contributed by atoms with Crippen molar-refractivity contribution in [2.45, 2.75) is 13.3 Å². The molecule has 0 aliphatic rings. The summed E-state index contributed by atoms with van der Waals surface area (Å²) in [6.45, 7) is 2.34. The largest absolute Gasteiger partial charge is 0.383 e. The Hall–Kier alpha value is -1.80. The van der Waals surface area contributed by atoms with Gasteiger partial charge in [-0.2, -0.15) is 0 Å². The van der Waals surface area contributed by atoms with E-state index in [0.717, 1.165) is 18.7 Å². The third kappa shape index (κ3) is 3.83. The lowest BCUT2D eigenvalue weighted by molar-refractivity contribution is 0.101. The quantitative estimate of drug-likeness (QED) is 0.828. The molecule has 0 spiro atoms. The predicted octanol–water partition coefficient (Wildman–Crippen LogP) is 4.20. The van der Waals surface area contributed by atoms with E-state index in [1.54, 1.807) is 25.1 Å². The molecule has 0 heterocycles. The summed E-state index contributed by atoms with van der Waals surface area (Å²) in [4.78, 5) is 11.3. The minimum atomic E-state index is 0.0442. The molecular weight excluding hydrogens is 258 g/mol. The highest BCUT2D eigenvalue weighted by Crippen LogP contribution is 2.23. The van der Waals surface area contributed by atoms with Gasteiger partial charge in [0.1, 0.15) is 0 Å². The molecule has 0 saturated carbocycles. The standard InChI is InChI=1S/C16H16ClNO/c1-12(19)14-7-8-15(17)16(11-14)18-10-9-13-5-3-2-4-6-13/h2-8,11,18H,9-10H2,1H3. The second-order valence-electron chi connectivity index (χ2n) is 4.41. The first-order valence-electron chi connectivity index (χ1n) is 6.25. The van der Waals surface area contributed by atoms with Gasteiger partial charge in [-0.1, -0.05) is 41.9 Å². The van der Waals surface area contributed by atoms with E-state index < -0.39 is 0 Å². The molecule has 19 heavy (non-hydrogen) atoms. The zero-order valence-electron chi connectivity index (χ0n) is 10.8. The van der Waals surface area contributed by atoms with Gasteiger partial charge in [-0.3, -0.25) is 4.79 Å². The van der Waals surface area contributed by atoms with Crippen molar-refractivity contribution in [3.8, 4) is 0 Å². The van der Waals surface area contributed by atoms with Crippen molar-refractivity contribution in [3.63, 3.8) is 0 Å². The molecule has 0 amide bonds. The highest BCUT2D eigenvalue weighted by molar-refractivity contribution is 6.33. The van der Waals surface area contributed by atoms with Crippen LogP contribution in [0.2, 0.25) is 5.02 Å². The summed E-state index contributed by atoms with van der Waals surface area (Å²) < 4.78 is 0. The predicted molar refractivity (Wildman–Crippen MR) is 80.1 cm³/mol. The summed E-state index contributed by atoms with van der Waals surface area (Å²) in [7, 11) is 0. The Labute approximate surface area is 118 Å². The van der Waals surface area contributed by atoms with Crippen LogP contribution in [0, 0.1) is 0 Å². The summed E-state index contributed by atoms with van der Waals surface area (Å²) in [5.74, 6) is 0.0442. The lowest BCUT2D eigenvalue weighted by atomic mass is 10.1. The fourth-order valence-corrected chi connectivity index (χ4v) is 2.05. The van der Waals surface area contributed by atoms with E-state index in [-0.39, 0.29) is 5.78 Å². The van der Waals surface area contributed by atoms with Gasteiger partial charge in [-0.05, 0) is 37.1 Å². The molecule has 0 saturated heterocycles. The monoisotopic (exact) mass is 273 g/mol. The van der Waals surface area contributed by atoms with E-state index in [4.69, 9.17) is 11.6 Å². The second kappa shape index (κ2) is 6.39. The maximum atomic E-state index is 11.3. The number of carbonyl (C=O) groups is 1. The van der Waals surface area contributed by atoms with Crippen molar-refractivity contribution in [1.29, 1.82) is 0 Å². The van der Waals surface area contributed by atoms with Crippen LogP contribution in [0.15, 0.2) is 48.5 Å². The van der Waals surface area contributed by atoms with Crippen molar-refractivity contribution in [2.24, 2.45) is 0 Å². The number of rotatable bonds is 5. The number of hydrogen-bond acceptors (Lipinski definition) is 2. The van der Waals surface area contributed by atoms with Crippen molar-refractivity contribution < 1.29 is 4.79 Å². The second-order valence-corrected chi connectivity index (χ2v) is 4.82. The van der Waals surface area contributed by atoms with E-state index in [2.05, 4.69) is 17.4 Å². The number of carbonyl (C=O) groups excluding carboxylic acids is 1. The Morgan fingerprint density at radius 2 is 1.89 bits per heavy atom. The fraction of sp³-hybridized carbons (Fsp3) is 0.188. The topological polar surface area (TPSA) is 29.1 Å². The van der Waals surface area contributed by atoms with Crippen LogP contribution >= 0.6 is 11.6 Å². The van der Waals surface area contributed by atoms with E-state index in [1.165, 1.54) is 5.56 Å². The van der Waals surface area contributed by atoms with E-state index >= 15 is 0 Å². The molecule has 0 aliphatic heterocycles. The minimum Gasteiger partial charge on any atom is -0.383 e. The van der Waals surface area contributed by atoms with Crippen LogP contribution in [-0.2, 0) is 6.42 Å². The molecule has 0 aromatic heterocycles. The van der Waals surface area contributed by atoms with Crippen molar-refractivity contribution >= 4 is 23.1 Å². The van der Waals surface area contributed by atoms with E-state index in [9.17, 15) is 4.79 Å². The van der Waals surface area contributed by atoms with Gasteiger partial charge in [0.2, 0.25) is 0 Å². The molecule has 1 N–H and O–H groups in total.